The molecule has 0 heterocycles. The zero-order valence-corrected chi connectivity index (χ0v) is 19.0. The van der Waals surface area contributed by atoms with E-state index in [1.54, 1.807) is 18.2 Å². The van der Waals surface area contributed by atoms with Crippen molar-refractivity contribution < 1.29 is 18.7 Å². The number of carbonyl (C=O) groups is 1. The minimum absolute atomic E-state index is 0.0226. The van der Waals surface area contributed by atoms with Gasteiger partial charge < -0.3 is 25.4 Å². The second-order valence-electron chi connectivity index (χ2n) is 7.04. The number of ether oxygens (including phenoxy) is 2. The highest BCUT2D eigenvalue weighted by Gasteiger charge is 2.12. The third kappa shape index (κ3) is 8.83. The summed E-state index contributed by atoms with van der Waals surface area (Å²) in [5.41, 5.74) is 0.949. The van der Waals surface area contributed by atoms with Crippen LogP contribution in [0.4, 0.5) is 4.39 Å². The molecule has 0 aliphatic carbocycles. The Balaban J connectivity index is 1.93. The zero-order valence-electron chi connectivity index (χ0n) is 19.0. The molecule has 0 bridgehead atoms. The van der Waals surface area contributed by atoms with Gasteiger partial charge in [0.15, 0.2) is 24.1 Å². The number of benzene rings is 2. The summed E-state index contributed by atoms with van der Waals surface area (Å²) < 4.78 is 25.2. The topological polar surface area (TPSA) is 84.0 Å². The predicted octanol–water partition coefficient (Wildman–Crippen LogP) is 3.25. The Morgan fingerprint density at radius 2 is 1.81 bits per heavy atom. The first-order valence-electron chi connectivity index (χ1n) is 11.0. The molecule has 8 heteroatoms. The van der Waals surface area contributed by atoms with E-state index >= 15 is 0 Å². The van der Waals surface area contributed by atoms with Crippen molar-refractivity contribution in [1.82, 2.24) is 16.0 Å². The molecule has 2 rings (SSSR count). The zero-order chi connectivity index (χ0) is 23.2. The van der Waals surface area contributed by atoms with Gasteiger partial charge in [0.1, 0.15) is 11.9 Å². The lowest BCUT2D eigenvalue weighted by Gasteiger charge is -2.20. The van der Waals surface area contributed by atoms with E-state index < -0.39 is 0 Å². The molecular formula is C24H33FN4O3. The Morgan fingerprint density at radius 3 is 2.53 bits per heavy atom. The number of hydrogen-bond acceptors (Lipinski definition) is 4. The van der Waals surface area contributed by atoms with Crippen LogP contribution < -0.4 is 25.4 Å². The van der Waals surface area contributed by atoms with Crippen LogP contribution in [0.3, 0.4) is 0 Å². The maximum atomic E-state index is 13.9. The molecule has 0 saturated carbocycles. The normalized spacial score (nSPS) is 12.1. The monoisotopic (exact) mass is 444 g/mol. The fourth-order valence-corrected chi connectivity index (χ4v) is 2.84. The second kappa shape index (κ2) is 13.9. The highest BCUT2D eigenvalue weighted by Crippen LogP contribution is 2.18. The van der Waals surface area contributed by atoms with Gasteiger partial charge in [-0.25, -0.2) is 9.38 Å². The maximum Gasteiger partial charge on any atom is 0.257 e. The number of para-hydroxylation sites is 1. The highest BCUT2D eigenvalue weighted by atomic mass is 19.1. The molecule has 1 amide bonds. The highest BCUT2D eigenvalue weighted by molar-refractivity contribution is 5.79. The lowest BCUT2D eigenvalue weighted by molar-refractivity contribution is -0.122. The molecule has 7 nitrogen and oxygen atoms in total. The van der Waals surface area contributed by atoms with Crippen molar-refractivity contribution in [2.45, 2.75) is 39.8 Å². The molecule has 0 radical (unpaired) electrons. The fraction of sp³-hybridized carbons (Fsp3) is 0.417. The number of hydrogen-bond donors (Lipinski definition) is 3. The minimum Gasteiger partial charge on any atom is -0.486 e. The van der Waals surface area contributed by atoms with Gasteiger partial charge in [-0.15, -0.1) is 0 Å². The van der Waals surface area contributed by atoms with Crippen LogP contribution in [0.5, 0.6) is 11.5 Å². The van der Waals surface area contributed by atoms with Gasteiger partial charge >= 0.3 is 0 Å². The molecule has 3 N–H and O–H groups in total. The van der Waals surface area contributed by atoms with Gasteiger partial charge in [-0.2, -0.15) is 0 Å². The van der Waals surface area contributed by atoms with Gasteiger partial charge in [-0.05, 0) is 50.1 Å². The molecule has 0 aromatic heterocycles. The summed E-state index contributed by atoms with van der Waals surface area (Å²) in [5.74, 6) is 0.967. The van der Waals surface area contributed by atoms with E-state index in [0.717, 1.165) is 5.56 Å². The summed E-state index contributed by atoms with van der Waals surface area (Å²) >= 11 is 0. The first-order chi connectivity index (χ1) is 15.5. The molecule has 174 valence electrons. The Morgan fingerprint density at radius 1 is 1.03 bits per heavy atom. The molecule has 0 spiro atoms. The van der Waals surface area contributed by atoms with Gasteiger partial charge in [0.25, 0.3) is 5.91 Å². The first-order valence-corrected chi connectivity index (χ1v) is 11.0. The summed E-state index contributed by atoms with van der Waals surface area (Å²) in [5, 5.41) is 9.16. The largest absolute Gasteiger partial charge is 0.486 e. The Labute approximate surface area is 189 Å². The minimum atomic E-state index is -0.374. The number of rotatable bonds is 12. The van der Waals surface area contributed by atoms with E-state index in [-0.39, 0.29) is 30.2 Å². The molecule has 0 fully saturated rings. The third-order valence-electron chi connectivity index (χ3n) is 4.49. The number of amides is 1. The van der Waals surface area contributed by atoms with Gasteiger partial charge in [-0.1, -0.05) is 31.2 Å². The first kappa shape index (κ1) is 25.0. The summed E-state index contributed by atoms with van der Waals surface area (Å²) in [6, 6.07) is 13.9. The summed E-state index contributed by atoms with van der Waals surface area (Å²) in [6.45, 7) is 8.00. The van der Waals surface area contributed by atoms with Gasteiger partial charge in [0.05, 0.1) is 13.1 Å². The average molecular weight is 445 g/mol. The van der Waals surface area contributed by atoms with E-state index in [9.17, 15) is 9.18 Å². The Hall–Kier alpha value is -3.29. The molecule has 2 aromatic carbocycles. The van der Waals surface area contributed by atoms with E-state index in [1.807, 2.05) is 45.0 Å². The molecule has 0 aliphatic heterocycles. The molecule has 2 aromatic rings. The smallest absolute Gasteiger partial charge is 0.257 e. The number of likely N-dealkylation sites (N-methyl/N-ethyl adjacent to an activating group) is 1. The maximum absolute atomic E-state index is 13.9. The molecule has 1 unspecified atom stereocenters. The van der Waals surface area contributed by atoms with Gasteiger partial charge in [0.2, 0.25) is 0 Å². The summed E-state index contributed by atoms with van der Waals surface area (Å²) in [6.07, 6.45) is 0.507. The number of nitrogens with zero attached hydrogens (tertiary/aromatic N) is 1. The van der Waals surface area contributed by atoms with Crippen molar-refractivity contribution in [1.29, 1.82) is 0 Å². The van der Waals surface area contributed by atoms with Crippen molar-refractivity contribution in [3.63, 3.8) is 0 Å². The lowest BCUT2D eigenvalue weighted by Crippen LogP contribution is -2.42. The van der Waals surface area contributed by atoms with Crippen LogP contribution in [0.25, 0.3) is 0 Å². The Kier molecular flexibility index (Phi) is 10.8. The number of nitrogens with one attached hydrogen (secondary N) is 3. The van der Waals surface area contributed by atoms with Crippen LogP contribution in [-0.4, -0.2) is 44.2 Å². The standard InChI is InChI=1S/C24H33FN4O3/c1-4-19(32-22-13-8-7-12-21(22)25)16-29-24(27-6-3)28-15-18-10-9-11-20(14-18)31-17-23(30)26-5-2/h7-14,19H,4-6,15-17H2,1-3H3,(H,26,30)(H2,27,28,29). The number of guanidine groups is 1. The predicted molar refractivity (Wildman–Crippen MR) is 125 cm³/mol. The SMILES string of the molecule is CCNC(=O)COc1cccc(CN=C(NCC)NCC(CC)Oc2ccccc2F)c1. The van der Waals surface area contributed by atoms with E-state index in [2.05, 4.69) is 20.9 Å². The third-order valence-corrected chi connectivity index (χ3v) is 4.49. The number of carbonyl (C=O) groups excluding carboxylic acids is 1. The van der Waals surface area contributed by atoms with Crippen LogP contribution in [0.2, 0.25) is 0 Å². The van der Waals surface area contributed by atoms with Crippen molar-refractivity contribution in [2.75, 3.05) is 26.2 Å². The fourth-order valence-electron chi connectivity index (χ4n) is 2.84. The molecule has 32 heavy (non-hydrogen) atoms. The van der Waals surface area contributed by atoms with E-state index in [4.69, 9.17) is 9.47 Å². The van der Waals surface area contributed by atoms with Crippen LogP contribution in [0, 0.1) is 5.82 Å². The van der Waals surface area contributed by atoms with Crippen molar-refractivity contribution in [3.8, 4) is 11.5 Å². The molecule has 1 atom stereocenters. The van der Waals surface area contributed by atoms with Crippen molar-refractivity contribution in [3.05, 3.63) is 59.9 Å². The van der Waals surface area contributed by atoms with Gasteiger partial charge in [0, 0.05) is 13.1 Å². The van der Waals surface area contributed by atoms with Crippen molar-refractivity contribution in [2.24, 2.45) is 4.99 Å². The van der Waals surface area contributed by atoms with E-state index in [1.165, 1.54) is 6.07 Å². The van der Waals surface area contributed by atoms with Crippen molar-refractivity contribution >= 4 is 11.9 Å². The number of halogens is 1. The second-order valence-corrected chi connectivity index (χ2v) is 7.04. The van der Waals surface area contributed by atoms with Crippen LogP contribution in [0.15, 0.2) is 53.5 Å². The summed E-state index contributed by atoms with van der Waals surface area (Å²) in [4.78, 5) is 16.2. The number of aliphatic imine (C=N–C) groups is 1. The van der Waals surface area contributed by atoms with Crippen LogP contribution in [0.1, 0.15) is 32.8 Å². The molecule has 0 saturated heterocycles. The van der Waals surface area contributed by atoms with Gasteiger partial charge in [-0.3, -0.25) is 4.79 Å². The Bertz CT molecular complexity index is 876. The van der Waals surface area contributed by atoms with Crippen LogP contribution in [-0.2, 0) is 11.3 Å². The summed E-state index contributed by atoms with van der Waals surface area (Å²) in [7, 11) is 0. The molecular weight excluding hydrogens is 411 g/mol. The lowest BCUT2D eigenvalue weighted by atomic mass is 10.2. The quantitative estimate of drug-likeness (QED) is 0.346. The average Bonchev–Trinajstić information content (AvgIpc) is 2.80. The van der Waals surface area contributed by atoms with E-state index in [0.29, 0.717) is 44.3 Å². The van der Waals surface area contributed by atoms with Crippen LogP contribution >= 0.6 is 0 Å². The molecule has 0 aliphatic rings.